The molecule has 3 rings (SSSR count). The molecule has 0 amide bonds. The molecular weight excluding hydrogens is 330 g/mol. The molecule has 0 unspecified atom stereocenters. The first kappa shape index (κ1) is 16.1. The first-order valence-corrected chi connectivity index (χ1v) is 7.49. The number of rotatable bonds is 4. The number of aliphatic imine (C=N–C) groups is 1. The van der Waals surface area contributed by atoms with Gasteiger partial charge < -0.3 is 14.2 Å². The second-order valence-electron chi connectivity index (χ2n) is 4.93. The number of hydrogen-bond acceptors (Lipinski definition) is 5. The fourth-order valence-electron chi connectivity index (χ4n) is 2.33. The number of ether oxygens (including phenoxy) is 3. The predicted molar refractivity (Wildman–Crippen MR) is 91.6 cm³/mol. The van der Waals surface area contributed by atoms with E-state index in [0.29, 0.717) is 27.6 Å². The number of benzene rings is 2. The normalized spacial score (nSPS) is 15.2. The molecule has 0 radical (unpaired) electrons. The smallest absolute Gasteiger partial charge is 0.363 e. The topological polar surface area (TPSA) is 57.1 Å². The molecule has 2 aromatic carbocycles. The van der Waals surface area contributed by atoms with E-state index in [1.165, 1.54) is 7.11 Å². The van der Waals surface area contributed by atoms with Crippen LogP contribution in [0.3, 0.4) is 0 Å². The van der Waals surface area contributed by atoms with Crippen LogP contribution in [0.4, 0.5) is 0 Å². The Labute approximate surface area is 144 Å². The second-order valence-corrected chi connectivity index (χ2v) is 5.37. The lowest BCUT2D eigenvalue weighted by atomic mass is 10.1. The van der Waals surface area contributed by atoms with Gasteiger partial charge in [0, 0.05) is 16.1 Å². The van der Waals surface area contributed by atoms with Gasteiger partial charge in [0.25, 0.3) is 0 Å². The highest BCUT2D eigenvalue weighted by atomic mass is 35.5. The van der Waals surface area contributed by atoms with Gasteiger partial charge in [0.15, 0.2) is 17.2 Å². The van der Waals surface area contributed by atoms with Gasteiger partial charge in [-0.25, -0.2) is 9.79 Å². The van der Waals surface area contributed by atoms with E-state index in [9.17, 15) is 4.79 Å². The van der Waals surface area contributed by atoms with Gasteiger partial charge >= 0.3 is 5.97 Å². The summed E-state index contributed by atoms with van der Waals surface area (Å²) in [5.41, 5.74) is 1.48. The molecule has 1 aliphatic rings. The number of esters is 1. The third-order valence-electron chi connectivity index (χ3n) is 3.42. The number of cyclic esters (lactones) is 1. The van der Waals surface area contributed by atoms with Crippen LogP contribution in [-0.4, -0.2) is 26.1 Å². The average molecular weight is 344 g/mol. The molecule has 0 N–H and O–H groups in total. The number of para-hydroxylation sites is 1. The van der Waals surface area contributed by atoms with E-state index in [0.717, 1.165) is 0 Å². The monoisotopic (exact) mass is 343 g/mol. The van der Waals surface area contributed by atoms with E-state index < -0.39 is 5.97 Å². The van der Waals surface area contributed by atoms with Crippen LogP contribution in [0.15, 0.2) is 53.2 Å². The highest BCUT2D eigenvalue weighted by Crippen LogP contribution is 2.33. The van der Waals surface area contributed by atoms with Crippen molar-refractivity contribution in [1.82, 2.24) is 0 Å². The highest BCUT2D eigenvalue weighted by molar-refractivity contribution is 6.31. The van der Waals surface area contributed by atoms with Crippen molar-refractivity contribution in [3.8, 4) is 11.5 Å². The molecule has 0 spiro atoms. The van der Waals surface area contributed by atoms with Crippen molar-refractivity contribution in [3.63, 3.8) is 0 Å². The van der Waals surface area contributed by atoms with Crippen LogP contribution in [0, 0.1) is 0 Å². The molecular formula is C18H14ClNO4. The minimum Gasteiger partial charge on any atom is -0.493 e. The predicted octanol–water partition coefficient (Wildman–Crippen LogP) is 3.70. The molecule has 1 heterocycles. The summed E-state index contributed by atoms with van der Waals surface area (Å²) in [7, 11) is 3.08. The van der Waals surface area contributed by atoms with Crippen LogP contribution >= 0.6 is 11.6 Å². The van der Waals surface area contributed by atoms with Crippen molar-refractivity contribution in [2.24, 2.45) is 4.99 Å². The molecule has 1 aliphatic heterocycles. The van der Waals surface area contributed by atoms with Crippen molar-refractivity contribution in [3.05, 3.63) is 64.3 Å². The zero-order chi connectivity index (χ0) is 17.1. The number of hydrogen-bond donors (Lipinski definition) is 0. The van der Waals surface area contributed by atoms with Crippen molar-refractivity contribution >= 4 is 29.5 Å². The van der Waals surface area contributed by atoms with Crippen molar-refractivity contribution in [2.75, 3.05) is 14.2 Å². The molecule has 0 aromatic heterocycles. The summed E-state index contributed by atoms with van der Waals surface area (Å²) in [6.07, 6.45) is 1.60. The maximum Gasteiger partial charge on any atom is 0.363 e. The zero-order valence-corrected chi connectivity index (χ0v) is 13.8. The van der Waals surface area contributed by atoms with Gasteiger partial charge in [-0.15, -0.1) is 0 Å². The van der Waals surface area contributed by atoms with Crippen LogP contribution in [0.5, 0.6) is 11.5 Å². The summed E-state index contributed by atoms with van der Waals surface area (Å²) in [6.45, 7) is 0. The Morgan fingerprint density at radius 1 is 1.12 bits per heavy atom. The van der Waals surface area contributed by atoms with Gasteiger partial charge in [-0.05, 0) is 30.3 Å². The van der Waals surface area contributed by atoms with Crippen LogP contribution in [-0.2, 0) is 9.53 Å². The Morgan fingerprint density at radius 2 is 1.92 bits per heavy atom. The molecule has 6 heteroatoms. The van der Waals surface area contributed by atoms with Gasteiger partial charge in [0.05, 0.1) is 14.2 Å². The Bertz CT molecular complexity index is 858. The molecule has 0 aliphatic carbocycles. The summed E-state index contributed by atoms with van der Waals surface area (Å²) in [6, 6.07) is 12.3. The van der Waals surface area contributed by atoms with Gasteiger partial charge in [0.1, 0.15) is 0 Å². The molecule has 24 heavy (non-hydrogen) atoms. The van der Waals surface area contributed by atoms with Crippen LogP contribution in [0.2, 0.25) is 5.02 Å². The van der Waals surface area contributed by atoms with Crippen molar-refractivity contribution in [1.29, 1.82) is 0 Å². The minimum absolute atomic E-state index is 0.177. The summed E-state index contributed by atoms with van der Waals surface area (Å²) >= 11 is 5.96. The summed E-state index contributed by atoms with van der Waals surface area (Å²) < 4.78 is 15.8. The maximum absolute atomic E-state index is 12.1. The summed E-state index contributed by atoms with van der Waals surface area (Å²) in [5.74, 6) is 0.773. The van der Waals surface area contributed by atoms with E-state index >= 15 is 0 Å². The largest absolute Gasteiger partial charge is 0.493 e. The quantitative estimate of drug-likeness (QED) is 0.627. The number of nitrogens with zero attached hydrogens (tertiary/aromatic N) is 1. The molecule has 0 fully saturated rings. The summed E-state index contributed by atoms with van der Waals surface area (Å²) in [4.78, 5) is 16.3. The van der Waals surface area contributed by atoms with Gasteiger partial charge in [-0.3, -0.25) is 0 Å². The fraction of sp³-hybridized carbons (Fsp3) is 0.111. The van der Waals surface area contributed by atoms with E-state index in [1.54, 1.807) is 55.7 Å². The molecule has 5 nitrogen and oxygen atoms in total. The fourth-order valence-corrected chi connectivity index (χ4v) is 2.52. The Morgan fingerprint density at radius 3 is 2.62 bits per heavy atom. The summed E-state index contributed by atoms with van der Waals surface area (Å²) in [5, 5.41) is 0.540. The first-order chi connectivity index (χ1) is 11.6. The maximum atomic E-state index is 12.1. The van der Waals surface area contributed by atoms with Crippen molar-refractivity contribution < 1.29 is 19.0 Å². The van der Waals surface area contributed by atoms with Crippen LogP contribution < -0.4 is 9.47 Å². The average Bonchev–Trinajstić information content (AvgIpc) is 2.95. The lowest BCUT2D eigenvalue weighted by Crippen LogP contribution is -2.05. The number of methoxy groups -OCH3 is 2. The Balaban J connectivity index is 2.01. The highest BCUT2D eigenvalue weighted by Gasteiger charge is 2.25. The Hall–Kier alpha value is -2.79. The standard InChI is InChI=1S/C18H14ClNO4/c1-22-15-8-4-5-11(16(15)23-2)10-14-18(21)24-17(20-14)12-6-3-7-13(19)9-12/h3-10H,1-2H3/b14-10+. The van der Waals surface area contributed by atoms with Gasteiger partial charge in [-0.1, -0.05) is 29.8 Å². The lowest BCUT2D eigenvalue weighted by Gasteiger charge is -2.09. The van der Waals surface area contributed by atoms with E-state index in [-0.39, 0.29) is 11.6 Å². The zero-order valence-electron chi connectivity index (χ0n) is 13.1. The molecule has 0 saturated carbocycles. The molecule has 0 bridgehead atoms. The molecule has 2 aromatic rings. The lowest BCUT2D eigenvalue weighted by molar-refractivity contribution is -0.129. The number of halogens is 1. The van der Waals surface area contributed by atoms with E-state index in [1.807, 2.05) is 0 Å². The van der Waals surface area contributed by atoms with Gasteiger partial charge in [-0.2, -0.15) is 0 Å². The number of carbonyl (C=O) groups excluding carboxylic acids is 1. The van der Waals surface area contributed by atoms with E-state index in [2.05, 4.69) is 4.99 Å². The first-order valence-electron chi connectivity index (χ1n) is 7.12. The van der Waals surface area contributed by atoms with Crippen LogP contribution in [0.25, 0.3) is 6.08 Å². The molecule has 0 saturated heterocycles. The molecule has 0 atom stereocenters. The van der Waals surface area contributed by atoms with E-state index in [4.69, 9.17) is 25.8 Å². The molecule has 122 valence electrons. The minimum atomic E-state index is -0.533. The SMILES string of the molecule is COc1cccc(/C=C2/N=C(c3cccc(Cl)c3)OC2=O)c1OC. The van der Waals surface area contributed by atoms with Crippen LogP contribution in [0.1, 0.15) is 11.1 Å². The van der Waals surface area contributed by atoms with Gasteiger partial charge in [0.2, 0.25) is 5.90 Å². The second kappa shape index (κ2) is 6.76. The number of carbonyl (C=O) groups is 1. The van der Waals surface area contributed by atoms with Crippen molar-refractivity contribution in [2.45, 2.75) is 0 Å². The Kier molecular flexibility index (Phi) is 4.53. The third-order valence-corrected chi connectivity index (χ3v) is 3.65. The third kappa shape index (κ3) is 3.12.